The molecule has 2 unspecified atom stereocenters. The van der Waals surface area contributed by atoms with E-state index in [1.165, 1.54) is 22.0 Å². The summed E-state index contributed by atoms with van der Waals surface area (Å²) in [7, 11) is -3.99. The topological polar surface area (TPSA) is 86.8 Å². The molecule has 1 N–H and O–H groups in total. The van der Waals surface area contributed by atoms with Crippen molar-refractivity contribution in [3.05, 3.63) is 138 Å². The lowest BCUT2D eigenvalue weighted by molar-refractivity contribution is -0.136. The highest BCUT2D eigenvalue weighted by Gasteiger charge is 2.43. The molecular weight excluding hydrogens is 546 g/mol. The Labute approximate surface area is 246 Å². The molecule has 8 heteroatoms. The van der Waals surface area contributed by atoms with Crippen molar-refractivity contribution in [3.8, 4) is 0 Å². The maximum Gasteiger partial charge on any atom is 0.243 e. The number of fused-ring (bicyclic) bond motifs is 1. The minimum Gasteiger partial charge on any atom is -0.348 e. The Hall–Kier alpha value is -4.27. The number of rotatable bonds is 7. The Morgan fingerprint density at radius 2 is 1.31 bits per heavy atom. The average Bonchev–Trinajstić information content (AvgIpc) is 3.45. The number of nitrogens with one attached hydrogen (secondary N) is 1. The van der Waals surface area contributed by atoms with Gasteiger partial charge in [0, 0.05) is 19.6 Å². The number of hydrogen-bond donors (Lipinski definition) is 1. The molecule has 4 aromatic rings. The summed E-state index contributed by atoms with van der Waals surface area (Å²) in [6.07, 6.45) is 1.59. The molecule has 7 nitrogen and oxygen atoms in total. The van der Waals surface area contributed by atoms with Crippen molar-refractivity contribution in [2.75, 3.05) is 19.6 Å². The summed E-state index contributed by atoms with van der Waals surface area (Å²) < 4.78 is 28.9. The number of amides is 2. The molecule has 1 heterocycles. The number of sulfonamides is 1. The lowest BCUT2D eigenvalue weighted by Crippen LogP contribution is -2.62. The predicted octanol–water partition coefficient (Wildman–Crippen LogP) is 4.52. The van der Waals surface area contributed by atoms with Crippen LogP contribution in [0.5, 0.6) is 0 Å². The molecule has 4 aromatic carbocycles. The van der Waals surface area contributed by atoms with E-state index in [2.05, 4.69) is 11.4 Å². The second-order valence-electron chi connectivity index (χ2n) is 10.8. The molecule has 1 fully saturated rings. The van der Waals surface area contributed by atoms with Crippen molar-refractivity contribution in [1.82, 2.24) is 14.5 Å². The predicted molar refractivity (Wildman–Crippen MR) is 161 cm³/mol. The third kappa shape index (κ3) is 5.47. The Morgan fingerprint density at radius 1 is 0.738 bits per heavy atom. The number of hydrogen-bond acceptors (Lipinski definition) is 4. The van der Waals surface area contributed by atoms with E-state index >= 15 is 0 Å². The van der Waals surface area contributed by atoms with E-state index in [1.807, 2.05) is 78.9 Å². The van der Waals surface area contributed by atoms with E-state index in [-0.39, 0.29) is 36.5 Å². The van der Waals surface area contributed by atoms with Crippen molar-refractivity contribution >= 4 is 21.8 Å². The quantitative estimate of drug-likeness (QED) is 0.349. The van der Waals surface area contributed by atoms with Crippen LogP contribution in [0.1, 0.15) is 40.6 Å². The molecule has 0 bridgehead atoms. The highest BCUT2D eigenvalue weighted by atomic mass is 32.2. The molecule has 1 saturated heterocycles. The lowest BCUT2D eigenvalue weighted by atomic mass is 9.89. The van der Waals surface area contributed by atoms with E-state index in [0.29, 0.717) is 0 Å². The van der Waals surface area contributed by atoms with Crippen LogP contribution in [-0.4, -0.2) is 55.1 Å². The molecule has 214 valence electrons. The molecule has 42 heavy (non-hydrogen) atoms. The molecule has 2 aliphatic rings. The summed E-state index contributed by atoms with van der Waals surface area (Å²) in [4.78, 5) is 30.0. The van der Waals surface area contributed by atoms with Crippen LogP contribution >= 0.6 is 0 Å². The van der Waals surface area contributed by atoms with Crippen LogP contribution in [0.4, 0.5) is 0 Å². The fourth-order valence-corrected chi connectivity index (χ4v) is 7.71. The second kappa shape index (κ2) is 11.9. The summed E-state index contributed by atoms with van der Waals surface area (Å²) >= 11 is 0. The van der Waals surface area contributed by atoms with Crippen LogP contribution in [0.15, 0.2) is 120 Å². The SMILES string of the molecule is O=C(NC1CCc2ccccc21)C1CN(C(=O)C(c2ccccc2)c2ccccc2)CCN1S(=O)(=O)c1ccccc1. The number of benzene rings is 4. The first-order valence-corrected chi connectivity index (χ1v) is 15.7. The van der Waals surface area contributed by atoms with E-state index < -0.39 is 27.9 Å². The van der Waals surface area contributed by atoms with Crippen LogP contribution in [0.2, 0.25) is 0 Å². The molecule has 6 rings (SSSR count). The Bertz CT molecular complexity index is 1620. The molecule has 0 spiro atoms. The number of piperazine rings is 1. The molecule has 2 amide bonds. The summed E-state index contributed by atoms with van der Waals surface area (Å²) in [5.74, 6) is -1.13. The zero-order valence-corrected chi connectivity index (χ0v) is 24.0. The van der Waals surface area contributed by atoms with Crippen molar-refractivity contribution in [1.29, 1.82) is 0 Å². The maximum atomic E-state index is 14.2. The minimum absolute atomic E-state index is 0.0125. The molecule has 0 aromatic heterocycles. The summed E-state index contributed by atoms with van der Waals surface area (Å²) in [5.41, 5.74) is 3.93. The van der Waals surface area contributed by atoms with Gasteiger partial charge < -0.3 is 10.2 Å². The second-order valence-corrected chi connectivity index (χ2v) is 12.7. The van der Waals surface area contributed by atoms with E-state index in [1.54, 1.807) is 23.1 Å². The zero-order valence-electron chi connectivity index (χ0n) is 23.2. The molecule has 0 saturated carbocycles. The maximum absolute atomic E-state index is 14.2. The monoisotopic (exact) mass is 579 g/mol. The fourth-order valence-electron chi connectivity index (χ4n) is 6.12. The number of aryl methyl sites for hydroxylation is 1. The zero-order chi connectivity index (χ0) is 29.1. The van der Waals surface area contributed by atoms with Gasteiger partial charge in [0.15, 0.2) is 0 Å². The first-order valence-electron chi connectivity index (χ1n) is 14.3. The lowest BCUT2D eigenvalue weighted by Gasteiger charge is -2.41. The average molecular weight is 580 g/mol. The molecule has 0 radical (unpaired) electrons. The highest BCUT2D eigenvalue weighted by molar-refractivity contribution is 7.89. The van der Waals surface area contributed by atoms with Gasteiger partial charge in [0.1, 0.15) is 6.04 Å². The van der Waals surface area contributed by atoms with Gasteiger partial charge in [0.2, 0.25) is 21.8 Å². The third-order valence-electron chi connectivity index (χ3n) is 8.26. The highest BCUT2D eigenvalue weighted by Crippen LogP contribution is 2.32. The van der Waals surface area contributed by atoms with Crippen LogP contribution < -0.4 is 5.32 Å². The normalized spacial score (nSPS) is 18.9. The van der Waals surface area contributed by atoms with Gasteiger partial charge in [-0.3, -0.25) is 9.59 Å². The molecular formula is C34H33N3O4S. The Balaban J connectivity index is 1.32. The Kier molecular flexibility index (Phi) is 7.91. The van der Waals surface area contributed by atoms with Crippen LogP contribution in [-0.2, 0) is 26.0 Å². The van der Waals surface area contributed by atoms with Gasteiger partial charge >= 0.3 is 0 Å². The standard InChI is InChI=1S/C34H33N3O4S/c38-33(35-30-21-20-25-12-10-11-19-29(25)30)31-24-36(22-23-37(31)42(40,41)28-17-8-3-9-18-28)34(39)32(26-13-4-1-5-14-26)27-15-6-2-7-16-27/h1-19,30-32H,20-24H2,(H,35,38). The van der Waals surface area contributed by atoms with Crippen molar-refractivity contribution in [2.45, 2.75) is 35.7 Å². The van der Waals surface area contributed by atoms with Gasteiger partial charge in [0.05, 0.1) is 16.9 Å². The van der Waals surface area contributed by atoms with E-state index in [0.717, 1.165) is 29.5 Å². The van der Waals surface area contributed by atoms with E-state index in [4.69, 9.17) is 0 Å². The number of carbonyl (C=O) groups is 2. The van der Waals surface area contributed by atoms with Crippen molar-refractivity contribution in [2.24, 2.45) is 0 Å². The largest absolute Gasteiger partial charge is 0.348 e. The Morgan fingerprint density at radius 3 is 1.95 bits per heavy atom. The first kappa shape index (κ1) is 27.9. The first-order chi connectivity index (χ1) is 20.4. The smallest absolute Gasteiger partial charge is 0.243 e. The number of nitrogens with zero attached hydrogens (tertiary/aromatic N) is 2. The van der Waals surface area contributed by atoms with E-state index in [9.17, 15) is 18.0 Å². The van der Waals surface area contributed by atoms with Crippen molar-refractivity contribution in [3.63, 3.8) is 0 Å². The molecule has 1 aliphatic heterocycles. The fraction of sp³-hybridized carbons (Fsp3) is 0.235. The van der Waals surface area contributed by atoms with Gasteiger partial charge in [-0.05, 0) is 47.2 Å². The number of carbonyl (C=O) groups excluding carboxylic acids is 2. The molecule has 1 aliphatic carbocycles. The van der Waals surface area contributed by atoms with Crippen LogP contribution in [0, 0.1) is 0 Å². The third-order valence-corrected chi connectivity index (χ3v) is 10.2. The minimum atomic E-state index is -3.99. The van der Waals surface area contributed by atoms with Gasteiger partial charge in [-0.2, -0.15) is 4.31 Å². The summed E-state index contributed by atoms with van der Waals surface area (Å²) in [6.45, 7) is 0.150. The molecule has 2 atom stereocenters. The van der Waals surface area contributed by atoms with Gasteiger partial charge in [-0.15, -0.1) is 0 Å². The van der Waals surface area contributed by atoms with Crippen molar-refractivity contribution < 1.29 is 18.0 Å². The van der Waals surface area contributed by atoms with Gasteiger partial charge in [-0.1, -0.05) is 103 Å². The summed E-state index contributed by atoms with van der Waals surface area (Å²) in [5, 5.41) is 3.13. The summed E-state index contributed by atoms with van der Waals surface area (Å²) in [6, 6.07) is 34.0. The van der Waals surface area contributed by atoms with Gasteiger partial charge in [0.25, 0.3) is 0 Å². The van der Waals surface area contributed by atoms with Gasteiger partial charge in [-0.25, -0.2) is 8.42 Å². The van der Waals surface area contributed by atoms with Crippen LogP contribution in [0.25, 0.3) is 0 Å². The van der Waals surface area contributed by atoms with Crippen LogP contribution in [0.3, 0.4) is 0 Å².